The van der Waals surface area contributed by atoms with E-state index < -0.39 is 16.1 Å². The molecule has 7 heteroatoms. The van der Waals surface area contributed by atoms with Crippen molar-refractivity contribution in [2.75, 3.05) is 0 Å². The summed E-state index contributed by atoms with van der Waals surface area (Å²) in [5.74, 6) is -1.05. The second kappa shape index (κ2) is 5.38. The van der Waals surface area contributed by atoms with Gasteiger partial charge in [-0.15, -0.1) is 0 Å². The quantitative estimate of drug-likeness (QED) is 0.634. The van der Waals surface area contributed by atoms with Crippen molar-refractivity contribution in [3.63, 3.8) is 0 Å². The van der Waals surface area contributed by atoms with Gasteiger partial charge in [0, 0.05) is 0 Å². The molecule has 0 aliphatic carbocycles. The first-order valence-corrected chi connectivity index (χ1v) is 6.06. The van der Waals surface area contributed by atoms with Gasteiger partial charge in [0.15, 0.2) is 0 Å². The van der Waals surface area contributed by atoms with Gasteiger partial charge in [-0.05, 0) is 35.0 Å². The fourth-order valence-corrected chi connectivity index (χ4v) is 2.03. The van der Waals surface area contributed by atoms with Crippen LogP contribution < -0.4 is 0 Å². The van der Waals surface area contributed by atoms with Crippen LogP contribution >= 0.6 is 0 Å². The van der Waals surface area contributed by atoms with Gasteiger partial charge in [0.1, 0.15) is 0 Å². The van der Waals surface area contributed by atoms with Crippen molar-refractivity contribution in [3.8, 4) is 0 Å². The molecule has 90 valence electrons. The first-order valence-electron chi connectivity index (χ1n) is 4.62. The fourth-order valence-electron chi connectivity index (χ4n) is 1.52. The van der Waals surface area contributed by atoms with E-state index in [9.17, 15) is 13.2 Å². The molecule has 2 N–H and O–H groups in total. The molecule has 0 amide bonds. The number of hydrogen-bond acceptors (Lipinski definition) is 3. The molecule has 0 unspecified atom stereocenters. The van der Waals surface area contributed by atoms with Gasteiger partial charge in [-0.3, -0.25) is 4.55 Å². The summed E-state index contributed by atoms with van der Waals surface area (Å²) >= 11 is 0. The van der Waals surface area contributed by atoms with E-state index in [-0.39, 0.29) is 40.0 Å². The van der Waals surface area contributed by atoms with E-state index >= 15 is 0 Å². The summed E-state index contributed by atoms with van der Waals surface area (Å²) in [7, 11) is -4.24. The Hall–Kier alpha value is -0.920. The Bertz CT molecular complexity index is 708. The van der Waals surface area contributed by atoms with Crippen LogP contribution in [0.15, 0.2) is 41.3 Å². The Kier molecular flexibility index (Phi) is 4.52. The van der Waals surface area contributed by atoms with Gasteiger partial charge in [0.05, 0.1) is 10.5 Å². The summed E-state index contributed by atoms with van der Waals surface area (Å²) < 4.78 is 30.7. The molecule has 5 nitrogen and oxygen atoms in total. The van der Waals surface area contributed by atoms with Crippen LogP contribution in [0.25, 0.3) is 10.8 Å². The zero-order valence-corrected chi connectivity index (χ0v) is 9.31. The third kappa shape index (κ3) is 3.09. The number of carbonyl (C=O) groups is 1. The number of aromatic carboxylic acids is 1. The number of carboxylic acid groups (broad SMARTS) is 1. The number of carboxylic acids is 1. The average molecular weight is 276 g/mol. The van der Waals surface area contributed by atoms with Crippen LogP contribution in [0.3, 0.4) is 0 Å². The van der Waals surface area contributed by atoms with Crippen molar-refractivity contribution in [3.05, 3.63) is 42.0 Å². The normalized spacial score (nSPS) is 10.9. The van der Waals surface area contributed by atoms with Crippen molar-refractivity contribution in [1.29, 1.82) is 0 Å². The fraction of sp³-hybridized carbons (Fsp3) is 0. The third-order valence-electron chi connectivity index (χ3n) is 2.36. The predicted octanol–water partition coefficient (Wildman–Crippen LogP) is 1.14. The van der Waals surface area contributed by atoms with Crippen LogP contribution in [0.5, 0.6) is 0 Å². The van der Waals surface area contributed by atoms with Crippen LogP contribution in [0.2, 0.25) is 0 Å². The minimum absolute atomic E-state index is 0. The van der Waals surface area contributed by atoms with Crippen LogP contribution in [0.4, 0.5) is 0 Å². The maximum atomic E-state index is 10.9. The number of rotatable bonds is 2. The van der Waals surface area contributed by atoms with Gasteiger partial charge in [-0.1, -0.05) is 12.1 Å². The van der Waals surface area contributed by atoms with Crippen molar-refractivity contribution >= 4 is 56.4 Å². The Balaban J connectivity index is 0.00000162. The second-order valence-electron chi connectivity index (χ2n) is 3.50. The minimum atomic E-state index is -4.24. The average Bonchev–Trinajstić information content (AvgIpc) is 2.26. The van der Waals surface area contributed by atoms with E-state index in [0.717, 1.165) is 0 Å². The van der Waals surface area contributed by atoms with Gasteiger partial charge in [0.2, 0.25) is 0 Å². The molecule has 0 aliphatic rings. The summed E-state index contributed by atoms with van der Waals surface area (Å²) in [6.45, 7) is 0. The van der Waals surface area contributed by atoms with E-state index in [2.05, 4.69) is 0 Å². The molecule has 2 aromatic carbocycles. The van der Waals surface area contributed by atoms with E-state index in [1.165, 1.54) is 36.4 Å². The van der Waals surface area contributed by atoms with Crippen LogP contribution in [0.1, 0.15) is 10.4 Å². The first-order chi connectivity index (χ1) is 7.88. The molecular formula is C11H9NaO5S. The Morgan fingerprint density at radius 2 is 1.56 bits per heavy atom. The Morgan fingerprint density at radius 3 is 2.11 bits per heavy atom. The molecule has 0 radical (unpaired) electrons. The molecule has 0 saturated heterocycles. The molecule has 0 aliphatic heterocycles. The summed E-state index contributed by atoms with van der Waals surface area (Å²) in [5, 5.41) is 9.93. The molecule has 0 saturated carbocycles. The summed E-state index contributed by atoms with van der Waals surface area (Å²) in [5.41, 5.74) is 0.122. The zero-order valence-electron chi connectivity index (χ0n) is 8.49. The molecular weight excluding hydrogens is 267 g/mol. The first kappa shape index (κ1) is 15.1. The molecule has 2 aromatic rings. The molecule has 0 fully saturated rings. The van der Waals surface area contributed by atoms with Gasteiger partial charge in [-0.2, -0.15) is 8.42 Å². The topological polar surface area (TPSA) is 91.7 Å². The molecule has 18 heavy (non-hydrogen) atoms. The van der Waals surface area contributed by atoms with Crippen LogP contribution in [0, 0.1) is 0 Å². The van der Waals surface area contributed by atoms with Crippen molar-refractivity contribution < 1.29 is 22.9 Å². The number of hydrogen-bond donors (Lipinski definition) is 2. The van der Waals surface area contributed by atoms with Gasteiger partial charge in [0.25, 0.3) is 10.1 Å². The van der Waals surface area contributed by atoms with Crippen molar-refractivity contribution in [1.82, 2.24) is 0 Å². The van der Waals surface area contributed by atoms with E-state index in [1.807, 2.05) is 0 Å². The summed E-state index contributed by atoms with van der Waals surface area (Å²) in [6, 6.07) is 8.27. The molecule has 2 rings (SSSR count). The van der Waals surface area contributed by atoms with Crippen molar-refractivity contribution in [2.24, 2.45) is 0 Å². The van der Waals surface area contributed by atoms with Crippen molar-refractivity contribution in [2.45, 2.75) is 4.90 Å². The standard InChI is InChI=1S/C11H8O5S.Na.H/c12-11(13)9-2-1-8-6-10(17(14,15)16)4-3-7(8)5-9;;/h1-6H,(H,12,13)(H,14,15,16);;. The molecule has 0 spiro atoms. The van der Waals surface area contributed by atoms with E-state index in [4.69, 9.17) is 9.66 Å². The molecule has 0 aromatic heterocycles. The van der Waals surface area contributed by atoms with Gasteiger partial charge in [-0.25, -0.2) is 4.79 Å². The van der Waals surface area contributed by atoms with E-state index in [1.54, 1.807) is 0 Å². The monoisotopic (exact) mass is 276 g/mol. The zero-order chi connectivity index (χ0) is 12.6. The summed E-state index contributed by atoms with van der Waals surface area (Å²) in [6.07, 6.45) is 0. The second-order valence-corrected chi connectivity index (χ2v) is 4.93. The van der Waals surface area contributed by atoms with Crippen LogP contribution in [-0.2, 0) is 10.1 Å². The Labute approximate surface area is 125 Å². The van der Waals surface area contributed by atoms with E-state index in [0.29, 0.717) is 10.8 Å². The van der Waals surface area contributed by atoms with Gasteiger partial charge >= 0.3 is 35.5 Å². The number of benzene rings is 2. The maximum absolute atomic E-state index is 10.9. The molecule has 0 atom stereocenters. The summed E-state index contributed by atoms with van der Waals surface area (Å²) in [4.78, 5) is 10.5. The molecule has 0 heterocycles. The van der Waals surface area contributed by atoms with Gasteiger partial charge < -0.3 is 5.11 Å². The number of fused-ring (bicyclic) bond motifs is 1. The Morgan fingerprint density at radius 1 is 1.00 bits per heavy atom. The predicted molar refractivity (Wildman–Crippen MR) is 67.9 cm³/mol. The van der Waals surface area contributed by atoms with Crippen LogP contribution in [-0.4, -0.2) is 53.6 Å². The molecule has 0 bridgehead atoms. The SMILES string of the molecule is O=C(O)c1ccc2cc(S(=O)(=O)O)ccc2c1.[NaH]. The third-order valence-corrected chi connectivity index (χ3v) is 3.21.